The first-order valence-corrected chi connectivity index (χ1v) is 22.4. The largest absolute Gasteiger partial charge is 0.507 e. The lowest BCUT2D eigenvalue weighted by atomic mass is 9.36. The molecule has 9 heteroatoms. The van der Waals surface area contributed by atoms with E-state index < -0.39 is 6.10 Å². The summed E-state index contributed by atoms with van der Waals surface area (Å²) in [5.74, 6) is -0.307. The number of imidazole rings is 1. The summed E-state index contributed by atoms with van der Waals surface area (Å²) >= 11 is 0. The lowest BCUT2D eigenvalue weighted by Gasteiger charge is -2.68. The molecule has 6 aliphatic carbocycles. The molecule has 4 aromatic carbocycles. The Bertz CT molecular complexity index is 2650. The standard InChI is InChI=1S/C52H55N3O6/c56-39-17-13-32(26-42(39)59)12-15-36-37-5-1-6-40(57)43(37)46(61)45(60)38(36)16-11-31-7-9-33(10-8-31)28-53-29-52-47-41(58)18-14-35-4-2-21-50(35,47)24-25-51(52)22-3-20-49(51)23-19-34(27-49)44-48(52)55-30-54-44/h1,5-10,12-15,17-19,23,26,30,34-35,41,47,53,56-61H,2-4,11,16,20-22,24-25,27-29H2,(H,54,55)/b15-12+/t34-,35-,41+,47+,49+,50+,51+,52-/m0/s1. The van der Waals surface area contributed by atoms with E-state index in [2.05, 4.69) is 58.9 Å². The van der Waals surface area contributed by atoms with Crippen LogP contribution in [0.4, 0.5) is 0 Å². The molecule has 0 saturated heterocycles. The molecule has 0 amide bonds. The first-order valence-electron chi connectivity index (χ1n) is 22.4. The second-order valence-corrected chi connectivity index (χ2v) is 19.3. The Labute approximate surface area is 356 Å². The smallest absolute Gasteiger partial charge is 0.169 e. The summed E-state index contributed by atoms with van der Waals surface area (Å²) < 4.78 is 0. The number of fused-ring (bicyclic) bond motifs is 6. The predicted molar refractivity (Wildman–Crippen MR) is 236 cm³/mol. The van der Waals surface area contributed by atoms with Crippen LogP contribution in [0.25, 0.3) is 22.9 Å². The van der Waals surface area contributed by atoms with Gasteiger partial charge in [-0.15, -0.1) is 0 Å². The van der Waals surface area contributed by atoms with E-state index in [1.54, 1.807) is 30.4 Å². The van der Waals surface area contributed by atoms with E-state index in [0.717, 1.165) is 18.5 Å². The Morgan fingerprint density at radius 1 is 0.787 bits per heavy atom. The first kappa shape index (κ1) is 38.4. The van der Waals surface area contributed by atoms with Crippen molar-refractivity contribution in [2.45, 2.75) is 94.6 Å². The average molecular weight is 818 g/mol. The number of hydrogen-bond acceptors (Lipinski definition) is 8. The number of nitrogens with zero attached hydrogens (tertiary/aromatic N) is 1. The van der Waals surface area contributed by atoms with Crippen LogP contribution >= 0.6 is 0 Å². The molecule has 1 heterocycles. The van der Waals surface area contributed by atoms with Gasteiger partial charge in [0.25, 0.3) is 0 Å². The molecule has 3 saturated carbocycles. The second-order valence-electron chi connectivity index (χ2n) is 19.3. The molecular formula is C52H55N3O6. The number of nitrogens with one attached hydrogen (secondary N) is 2. The van der Waals surface area contributed by atoms with Crippen molar-refractivity contribution in [3.63, 3.8) is 0 Å². The summed E-state index contributed by atoms with van der Waals surface area (Å²) in [6, 6.07) is 18.1. The lowest BCUT2D eigenvalue weighted by Crippen LogP contribution is -2.70. The molecule has 314 valence electrons. The Hall–Kier alpha value is -5.51. The van der Waals surface area contributed by atoms with Crippen LogP contribution in [-0.4, -0.2) is 53.3 Å². The number of aryl methyl sites for hydroxylation is 1. The number of H-pyrrole nitrogens is 1. The van der Waals surface area contributed by atoms with Gasteiger partial charge in [0.2, 0.25) is 0 Å². The van der Waals surface area contributed by atoms with E-state index in [1.165, 1.54) is 86.5 Å². The van der Waals surface area contributed by atoms with Gasteiger partial charge in [0.15, 0.2) is 23.0 Å². The SMILES string of the molecule is Oc1ccc(/C=C/c2c(CCc3ccc(CNC[C@]45c6nc[nH]c6[C@H]6C=C[C@]7(CCC[C@@]74CC[C@]47CCC[C@H]4C=C[C@@H](O)[C@H]75)C6)cc3)c(O)c(O)c3c(O)cccc23)cc1O. The quantitative estimate of drug-likeness (QED) is 0.0415. The van der Waals surface area contributed by atoms with Gasteiger partial charge in [0.05, 0.1) is 23.5 Å². The van der Waals surface area contributed by atoms with Gasteiger partial charge in [-0.3, -0.25) is 0 Å². The first-order chi connectivity index (χ1) is 29.6. The third-order valence-corrected chi connectivity index (χ3v) is 16.9. The van der Waals surface area contributed by atoms with Crippen LogP contribution in [0.3, 0.4) is 0 Å². The molecule has 8 N–H and O–H groups in total. The summed E-state index contributed by atoms with van der Waals surface area (Å²) in [6.07, 6.45) is 26.3. The third kappa shape index (κ3) is 5.42. The van der Waals surface area contributed by atoms with Crippen LogP contribution in [0.5, 0.6) is 28.7 Å². The molecule has 8 atom stereocenters. The van der Waals surface area contributed by atoms with Crippen LogP contribution in [-0.2, 0) is 24.8 Å². The van der Waals surface area contributed by atoms with Gasteiger partial charge in [0.1, 0.15) is 5.75 Å². The number of aromatic hydroxyl groups is 5. The minimum atomic E-state index is -0.512. The predicted octanol–water partition coefficient (Wildman–Crippen LogP) is 9.42. The van der Waals surface area contributed by atoms with Crippen LogP contribution < -0.4 is 5.32 Å². The Morgan fingerprint density at radius 2 is 1.64 bits per heavy atom. The van der Waals surface area contributed by atoms with Gasteiger partial charge in [-0.25, -0.2) is 4.98 Å². The molecule has 3 fully saturated rings. The molecule has 5 aromatic rings. The monoisotopic (exact) mass is 817 g/mol. The van der Waals surface area contributed by atoms with Crippen molar-refractivity contribution >= 4 is 22.9 Å². The zero-order valence-corrected chi connectivity index (χ0v) is 34.4. The molecule has 11 rings (SSSR count). The minimum absolute atomic E-state index is 0.0130. The number of aromatic amines is 1. The Kier molecular flexibility index (Phi) is 8.82. The summed E-state index contributed by atoms with van der Waals surface area (Å²) in [4.78, 5) is 8.96. The number of rotatable bonds is 9. The van der Waals surface area contributed by atoms with Crippen molar-refractivity contribution in [2.75, 3.05) is 6.54 Å². The van der Waals surface area contributed by atoms with Crippen LogP contribution in [0, 0.1) is 28.1 Å². The fourth-order valence-electron chi connectivity index (χ4n) is 14.5. The number of aromatic nitrogens is 2. The fraction of sp³-hybridized carbons (Fsp3) is 0.404. The summed E-state index contributed by atoms with van der Waals surface area (Å²) in [7, 11) is 0. The highest BCUT2D eigenvalue weighted by Crippen LogP contribution is 2.79. The molecule has 2 bridgehead atoms. The number of phenolic OH excluding ortho intramolecular Hbond substituents is 5. The molecule has 0 radical (unpaired) electrons. The zero-order chi connectivity index (χ0) is 41.7. The molecule has 6 aliphatic rings. The molecule has 0 aliphatic heterocycles. The molecule has 3 spiro atoms. The normalized spacial score (nSPS) is 31.8. The number of hydrogen-bond donors (Lipinski definition) is 8. The van der Waals surface area contributed by atoms with Crippen LogP contribution in [0.1, 0.15) is 103 Å². The maximum absolute atomic E-state index is 12.4. The van der Waals surface area contributed by atoms with E-state index in [-0.39, 0.29) is 61.7 Å². The number of benzene rings is 4. The highest BCUT2D eigenvalue weighted by molar-refractivity contribution is 6.03. The highest BCUT2D eigenvalue weighted by Gasteiger charge is 2.76. The van der Waals surface area contributed by atoms with E-state index in [9.17, 15) is 30.6 Å². The van der Waals surface area contributed by atoms with Crippen molar-refractivity contribution in [2.24, 2.45) is 28.1 Å². The summed E-state index contributed by atoms with van der Waals surface area (Å²) in [6.45, 7) is 1.45. The number of allylic oxidation sites excluding steroid dienone is 3. The number of phenols is 5. The Balaban J connectivity index is 0.883. The number of aliphatic hydroxyl groups is 1. The number of aliphatic hydroxyl groups excluding tert-OH is 1. The lowest BCUT2D eigenvalue weighted by molar-refractivity contribution is -0.163. The van der Waals surface area contributed by atoms with Gasteiger partial charge >= 0.3 is 0 Å². The summed E-state index contributed by atoms with van der Waals surface area (Å²) in [5.41, 5.74) is 6.42. The maximum Gasteiger partial charge on any atom is 0.169 e. The van der Waals surface area contributed by atoms with Crippen molar-refractivity contribution in [1.29, 1.82) is 0 Å². The minimum Gasteiger partial charge on any atom is -0.507 e. The zero-order valence-electron chi connectivity index (χ0n) is 34.4. The van der Waals surface area contributed by atoms with Gasteiger partial charge < -0.3 is 40.9 Å². The molecule has 1 aromatic heterocycles. The fourth-order valence-corrected chi connectivity index (χ4v) is 14.5. The van der Waals surface area contributed by atoms with E-state index in [1.807, 2.05) is 6.33 Å². The maximum atomic E-state index is 12.4. The highest BCUT2D eigenvalue weighted by atomic mass is 16.3. The average Bonchev–Trinajstić information content (AvgIpc) is 4.07. The van der Waals surface area contributed by atoms with Crippen molar-refractivity contribution < 1.29 is 30.6 Å². The second kappa shape index (κ2) is 14.0. The van der Waals surface area contributed by atoms with Gasteiger partial charge in [-0.05, 0) is 126 Å². The van der Waals surface area contributed by atoms with Crippen LogP contribution in [0.15, 0.2) is 91.3 Å². The van der Waals surface area contributed by atoms with Crippen molar-refractivity contribution in [3.05, 3.63) is 131 Å². The van der Waals surface area contributed by atoms with Gasteiger partial charge in [0, 0.05) is 41.6 Å². The van der Waals surface area contributed by atoms with E-state index in [4.69, 9.17) is 4.98 Å². The van der Waals surface area contributed by atoms with Crippen molar-refractivity contribution in [3.8, 4) is 28.7 Å². The van der Waals surface area contributed by atoms with Crippen LogP contribution in [0.2, 0.25) is 0 Å². The van der Waals surface area contributed by atoms with Gasteiger partial charge in [-0.1, -0.05) is 91.8 Å². The molecular weight excluding hydrogens is 763 g/mol. The summed E-state index contributed by atoms with van der Waals surface area (Å²) in [5, 5.41) is 70.2. The molecule has 61 heavy (non-hydrogen) atoms. The molecule has 9 nitrogen and oxygen atoms in total. The third-order valence-electron chi connectivity index (χ3n) is 16.9. The topological polar surface area (TPSA) is 162 Å². The van der Waals surface area contributed by atoms with Crippen molar-refractivity contribution in [1.82, 2.24) is 15.3 Å². The van der Waals surface area contributed by atoms with E-state index in [0.29, 0.717) is 53.3 Å². The molecule has 0 unspecified atom stereocenters. The van der Waals surface area contributed by atoms with Gasteiger partial charge in [-0.2, -0.15) is 0 Å². The Morgan fingerprint density at radius 3 is 2.49 bits per heavy atom. The van der Waals surface area contributed by atoms with E-state index >= 15 is 0 Å².